The molecule has 0 N–H and O–H groups in total. The van der Waals surface area contributed by atoms with Crippen LogP contribution in [-0.2, 0) is 15.6 Å². The van der Waals surface area contributed by atoms with Crippen molar-refractivity contribution < 1.29 is 4.74 Å². The average molecular weight is 378 g/mol. The van der Waals surface area contributed by atoms with E-state index in [-0.39, 0.29) is 10.9 Å². The molecule has 2 atom stereocenters. The van der Waals surface area contributed by atoms with Crippen LogP contribution < -0.4 is 0 Å². The van der Waals surface area contributed by atoms with Crippen LogP contribution in [0.15, 0.2) is 120 Å². The summed E-state index contributed by atoms with van der Waals surface area (Å²) in [6.45, 7) is 10.0. The topological polar surface area (TPSA) is 9.23 Å². The molecule has 0 aliphatic heterocycles. The summed E-state index contributed by atoms with van der Waals surface area (Å²) in [4.78, 5) is 2.72. The van der Waals surface area contributed by atoms with E-state index < -0.39 is 0 Å². The molecule has 2 rings (SSSR count). The molecule has 2 heteroatoms. The molecule has 0 aromatic carbocycles. The third-order valence-electron chi connectivity index (χ3n) is 4.30. The van der Waals surface area contributed by atoms with Gasteiger partial charge in [0.15, 0.2) is 10.2 Å². The molecule has 27 heavy (non-hydrogen) atoms. The Bertz CT molecular complexity index is 752. The second-order valence-electron chi connectivity index (χ2n) is 6.24. The molecule has 0 fully saturated rings. The van der Waals surface area contributed by atoms with Crippen molar-refractivity contribution in [1.82, 2.24) is 0 Å². The van der Waals surface area contributed by atoms with E-state index in [0.29, 0.717) is 11.2 Å². The van der Waals surface area contributed by atoms with Crippen LogP contribution in [0.4, 0.5) is 0 Å². The summed E-state index contributed by atoms with van der Waals surface area (Å²) in [6.07, 6.45) is 32.6. The lowest BCUT2D eigenvalue weighted by atomic mass is 10.0. The van der Waals surface area contributed by atoms with Gasteiger partial charge in [0.25, 0.3) is 0 Å². The maximum Gasteiger partial charge on any atom is 0.165 e. The van der Waals surface area contributed by atoms with Crippen molar-refractivity contribution in [2.75, 3.05) is 7.11 Å². The summed E-state index contributed by atoms with van der Waals surface area (Å²) in [5.41, 5.74) is 0. The highest BCUT2D eigenvalue weighted by Crippen LogP contribution is 2.36. The van der Waals surface area contributed by atoms with Gasteiger partial charge in [-0.3, -0.25) is 0 Å². The first-order chi connectivity index (χ1) is 13.2. The molecule has 0 saturated heterocycles. The second kappa shape index (κ2) is 11.3. The Balaban J connectivity index is 2.49. The number of hydrogen-bond donors (Lipinski definition) is 0. The molecule has 2 unspecified atom stereocenters. The molecule has 0 heterocycles. The molecule has 0 aromatic heterocycles. The van der Waals surface area contributed by atoms with Crippen LogP contribution in [0, 0.1) is 5.92 Å². The first kappa shape index (κ1) is 20.9. The smallest absolute Gasteiger partial charge is 0.165 e. The van der Waals surface area contributed by atoms with Crippen molar-refractivity contribution in [3.63, 3.8) is 0 Å². The Morgan fingerprint density at radius 2 is 1.74 bits per heavy atom. The maximum atomic E-state index is 5.42. The summed E-state index contributed by atoms with van der Waals surface area (Å²) in [5.74, 6) is 1.30. The zero-order chi connectivity index (χ0) is 19.5. The fourth-order valence-corrected chi connectivity index (χ4v) is 5.56. The van der Waals surface area contributed by atoms with Crippen LogP contribution in [0.3, 0.4) is 0 Å². The Morgan fingerprint density at radius 1 is 1.04 bits per heavy atom. The number of ether oxygens (including phenoxy) is 1. The highest BCUT2D eigenvalue weighted by molar-refractivity contribution is 8.05. The summed E-state index contributed by atoms with van der Waals surface area (Å²) in [5, 5.41) is 0.311. The van der Waals surface area contributed by atoms with Crippen molar-refractivity contribution >= 4 is 10.9 Å². The van der Waals surface area contributed by atoms with Crippen molar-refractivity contribution in [3.8, 4) is 0 Å². The molecule has 0 saturated carbocycles. The maximum absolute atomic E-state index is 5.42. The predicted octanol–water partition coefficient (Wildman–Crippen LogP) is 6.48. The molecule has 0 radical (unpaired) electrons. The third-order valence-corrected chi connectivity index (χ3v) is 6.98. The SMILES string of the molecule is C=C/C=C(/C=C\C(=C\C=C)[S+](C1=CC=CCC1C)C1C=CC=CC=C1)OC. The van der Waals surface area contributed by atoms with Crippen LogP contribution >= 0.6 is 0 Å². The lowest BCUT2D eigenvalue weighted by Crippen LogP contribution is -2.24. The van der Waals surface area contributed by atoms with Gasteiger partial charge in [-0.2, -0.15) is 0 Å². The van der Waals surface area contributed by atoms with E-state index in [2.05, 4.69) is 86.9 Å². The zero-order valence-corrected chi connectivity index (χ0v) is 17.1. The van der Waals surface area contributed by atoms with E-state index in [1.54, 1.807) is 13.2 Å². The summed E-state index contributed by atoms with van der Waals surface area (Å²) in [7, 11) is 1.57. The molecule has 2 aliphatic rings. The van der Waals surface area contributed by atoms with Crippen molar-refractivity contribution in [2.45, 2.75) is 18.6 Å². The first-order valence-electron chi connectivity index (χ1n) is 9.20. The van der Waals surface area contributed by atoms with Gasteiger partial charge in [0.05, 0.1) is 18.0 Å². The van der Waals surface area contributed by atoms with Crippen LogP contribution in [0.25, 0.3) is 0 Å². The van der Waals surface area contributed by atoms with Gasteiger partial charge >= 0.3 is 0 Å². The van der Waals surface area contributed by atoms with Gasteiger partial charge in [0.1, 0.15) is 10.7 Å². The third kappa shape index (κ3) is 6.04. The van der Waals surface area contributed by atoms with Crippen LogP contribution in [0.1, 0.15) is 13.3 Å². The number of methoxy groups -OCH3 is 1. The van der Waals surface area contributed by atoms with Gasteiger partial charge < -0.3 is 4.74 Å². The van der Waals surface area contributed by atoms with Crippen molar-refractivity contribution in [2.24, 2.45) is 5.92 Å². The van der Waals surface area contributed by atoms with Gasteiger partial charge in [-0.25, -0.2) is 0 Å². The number of allylic oxidation sites excluding steroid dienone is 14. The Labute approximate surface area is 167 Å². The predicted molar refractivity (Wildman–Crippen MR) is 122 cm³/mol. The number of rotatable bonds is 8. The van der Waals surface area contributed by atoms with Crippen LogP contribution in [-0.4, -0.2) is 12.4 Å². The molecular formula is C25H29OS+. The average Bonchev–Trinajstić information content (AvgIpc) is 2.96. The first-order valence-corrected chi connectivity index (χ1v) is 10.5. The number of hydrogen-bond acceptors (Lipinski definition) is 1. The van der Waals surface area contributed by atoms with E-state index in [1.165, 1.54) is 9.81 Å². The minimum atomic E-state index is -0.108. The van der Waals surface area contributed by atoms with Gasteiger partial charge in [0.2, 0.25) is 0 Å². The second-order valence-corrected chi connectivity index (χ2v) is 8.40. The van der Waals surface area contributed by atoms with Gasteiger partial charge in [-0.05, 0) is 49.0 Å². The van der Waals surface area contributed by atoms with Gasteiger partial charge in [0, 0.05) is 5.92 Å². The Kier molecular flexibility index (Phi) is 8.73. The van der Waals surface area contributed by atoms with Gasteiger partial charge in [-0.1, -0.05) is 68.7 Å². The Morgan fingerprint density at radius 3 is 2.33 bits per heavy atom. The molecule has 2 aliphatic carbocycles. The van der Waals surface area contributed by atoms with Crippen molar-refractivity contribution in [3.05, 3.63) is 120 Å². The van der Waals surface area contributed by atoms with Crippen LogP contribution in [0.5, 0.6) is 0 Å². The fraction of sp³-hybridized carbons (Fsp3) is 0.200. The quantitative estimate of drug-likeness (QED) is 0.267. The van der Waals surface area contributed by atoms with Crippen LogP contribution in [0.2, 0.25) is 0 Å². The highest BCUT2D eigenvalue weighted by atomic mass is 32.2. The largest absolute Gasteiger partial charge is 0.497 e. The lowest BCUT2D eigenvalue weighted by Gasteiger charge is -2.21. The monoisotopic (exact) mass is 377 g/mol. The minimum absolute atomic E-state index is 0.108. The summed E-state index contributed by atoms with van der Waals surface area (Å²) < 4.78 is 5.42. The molecule has 140 valence electrons. The lowest BCUT2D eigenvalue weighted by molar-refractivity contribution is 0.307. The minimum Gasteiger partial charge on any atom is -0.497 e. The summed E-state index contributed by atoms with van der Waals surface area (Å²) >= 11 is 0. The Hall–Kier alpha value is -2.45. The van der Waals surface area contributed by atoms with E-state index in [4.69, 9.17) is 4.74 Å². The standard InChI is InChI=1S/C25H29OS/c1-5-13-22(26-4)19-20-23(14-6-2)27(24-16-9-7-8-10-17-24)25-18-12-11-15-21(25)3/h5-14,16-21,24H,1-2,15H2,3-4H3/q+1/b20-19-,22-13-,23-14-. The molecule has 0 bridgehead atoms. The van der Waals surface area contributed by atoms with Crippen molar-refractivity contribution in [1.29, 1.82) is 0 Å². The molecule has 0 aromatic rings. The van der Waals surface area contributed by atoms with E-state index in [9.17, 15) is 0 Å². The fourth-order valence-electron chi connectivity index (χ4n) is 2.95. The molecule has 0 spiro atoms. The summed E-state index contributed by atoms with van der Waals surface area (Å²) in [6, 6.07) is 0. The van der Waals surface area contributed by atoms with E-state index in [0.717, 1.165) is 12.2 Å². The normalized spacial score (nSPS) is 21.9. The van der Waals surface area contributed by atoms with Gasteiger partial charge in [-0.15, -0.1) is 0 Å². The zero-order valence-electron chi connectivity index (χ0n) is 16.3. The molecule has 1 nitrogen and oxygen atoms in total. The van der Waals surface area contributed by atoms with E-state index in [1.807, 2.05) is 18.2 Å². The molecular weight excluding hydrogens is 348 g/mol. The molecule has 0 amide bonds. The highest BCUT2D eigenvalue weighted by Gasteiger charge is 2.38. The van der Waals surface area contributed by atoms with E-state index >= 15 is 0 Å².